The van der Waals surface area contributed by atoms with Crippen LogP contribution in [0.25, 0.3) is 0 Å². The van der Waals surface area contributed by atoms with E-state index < -0.39 is 11.8 Å². The van der Waals surface area contributed by atoms with E-state index in [1.807, 2.05) is 24.3 Å². The third-order valence-corrected chi connectivity index (χ3v) is 5.54. The number of methoxy groups -OCH3 is 2. The van der Waals surface area contributed by atoms with Gasteiger partial charge in [-0.2, -0.15) is 0 Å². The Hall–Kier alpha value is -3.04. The number of amides is 2. The third-order valence-electron chi connectivity index (χ3n) is 5.54. The molecule has 0 saturated carbocycles. The van der Waals surface area contributed by atoms with Gasteiger partial charge in [-0.3, -0.25) is 14.5 Å². The molecule has 0 aliphatic carbocycles. The molecule has 2 heterocycles. The highest BCUT2D eigenvalue weighted by atomic mass is 16.5. The van der Waals surface area contributed by atoms with Crippen LogP contribution in [-0.4, -0.2) is 76.8 Å². The summed E-state index contributed by atoms with van der Waals surface area (Å²) in [4.78, 5) is 28.8. The molecule has 0 radical (unpaired) electrons. The quantitative estimate of drug-likeness (QED) is 0.423. The molecule has 1 atom stereocenters. The van der Waals surface area contributed by atoms with E-state index in [9.17, 15) is 9.59 Å². The van der Waals surface area contributed by atoms with Gasteiger partial charge in [0.05, 0.1) is 19.4 Å². The molecule has 32 heavy (non-hydrogen) atoms. The van der Waals surface area contributed by atoms with Gasteiger partial charge >= 0.3 is 11.8 Å². The normalized spacial score (nSPS) is 15.2. The van der Waals surface area contributed by atoms with Crippen molar-refractivity contribution in [3.05, 3.63) is 48.4 Å². The number of nitrogens with zero attached hydrogens (tertiary/aromatic N) is 2. The Morgan fingerprint density at radius 1 is 1.03 bits per heavy atom. The van der Waals surface area contributed by atoms with Gasteiger partial charge < -0.3 is 29.4 Å². The molecule has 0 spiro atoms. The van der Waals surface area contributed by atoms with E-state index >= 15 is 0 Å². The van der Waals surface area contributed by atoms with Gasteiger partial charge in [0.1, 0.15) is 11.5 Å². The lowest BCUT2D eigenvalue weighted by Gasteiger charge is -2.39. The first kappa shape index (κ1) is 23.6. The van der Waals surface area contributed by atoms with Gasteiger partial charge in [-0.15, -0.1) is 0 Å². The minimum Gasteiger partial charge on any atom is -0.497 e. The predicted octanol–water partition coefficient (Wildman–Crippen LogP) is 1.42. The number of carbonyl (C=O) groups is 2. The van der Waals surface area contributed by atoms with E-state index in [2.05, 4.69) is 32.6 Å². The highest BCUT2D eigenvalue weighted by Crippen LogP contribution is 2.25. The Balaban J connectivity index is 1.54. The molecule has 174 valence electrons. The first-order valence-electron chi connectivity index (χ1n) is 10.8. The summed E-state index contributed by atoms with van der Waals surface area (Å²) >= 11 is 0. The Morgan fingerprint density at radius 2 is 1.75 bits per heavy atom. The Labute approximate surface area is 188 Å². The largest absolute Gasteiger partial charge is 0.497 e. The minimum absolute atomic E-state index is 0.145. The highest BCUT2D eigenvalue weighted by Gasteiger charge is 2.28. The number of furan rings is 1. The molecule has 1 aromatic carbocycles. The molecule has 1 fully saturated rings. The van der Waals surface area contributed by atoms with Crippen LogP contribution < -0.4 is 20.3 Å². The van der Waals surface area contributed by atoms with E-state index in [-0.39, 0.29) is 6.04 Å². The molecule has 2 N–H and O–H groups in total. The number of hydrogen-bond donors (Lipinski definition) is 2. The Kier molecular flexibility index (Phi) is 8.94. The molecular weight excluding hydrogens is 412 g/mol. The average Bonchev–Trinajstić information content (AvgIpc) is 3.37. The monoisotopic (exact) mass is 444 g/mol. The van der Waals surface area contributed by atoms with E-state index in [1.54, 1.807) is 20.5 Å². The standard InChI is InChI=1S/C23H32N4O5/c1-30-15-4-10-24-22(28)23(29)25-17-20(21-5-3-16-32-21)27-13-11-26(12-14-27)18-6-8-19(31-2)9-7-18/h3,5-9,16,20H,4,10-15,17H2,1-2H3,(H,24,28)(H,25,29)/t20-/m1/s1. The summed E-state index contributed by atoms with van der Waals surface area (Å²) in [7, 11) is 3.26. The first-order valence-corrected chi connectivity index (χ1v) is 10.8. The van der Waals surface area contributed by atoms with Crippen molar-refractivity contribution in [3.63, 3.8) is 0 Å². The lowest BCUT2D eigenvalue weighted by atomic mass is 10.1. The van der Waals surface area contributed by atoms with E-state index in [1.165, 1.54) is 0 Å². The summed E-state index contributed by atoms with van der Waals surface area (Å²) in [5, 5.41) is 5.36. The van der Waals surface area contributed by atoms with Crippen molar-refractivity contribution in [3.8, 4) is 5.75 Å². The summed E-state index contributed by atoms with van der Waals surface area (Å²) in [6, 6.07) is 11.6. The van der Waals surface area contributed by atoms with Gasteiger partial charge in [0, 0.05) is 58.7 Å². The van der Waals surface area contributed by atoms with Crippen LogP contribution in [0.3, 0.4) is 0 Å². The van der Waals surface area contributed by atoms with E-state index in [0.717, 1.165) is 43.4 Å². The van der Waals surface area contributed by atoms with Crippen molar-refractivity contribution >= 4 is 17.5 Å². The fraction of sp³-hybridized carbons (Fsp3) is 0.478. The van der Waals surface area contributed by atoms with Crippen molar-refractivity contribution in [1.82, 2.24) is 15.5 Å². The molecule has 2 amide bonds. The maximum atomic E-state index is 12.2. The SMILES string of the molecule is COCCCNC(=O)C(=O)NC[C@H](c1ccco1)N1CCN(c2ccc(OC)cc2)CC1. The molecule has 1 aromatic heterocycles. The fourth-order valence-corrected chi connectivity index (χ4v) is 3.74. The lowest BCUT2D eigenvalue weighted by molar-refractivity contribution is -0.139. The third kappa shape index (κ3) is 6.48. The summed E-state index contributed by atoms with van der Waals surface area (Å²) in [5.41, 5.74) is 1.15. The maximum Gasteiger partial charge on any atom is 0.309 e. The zero-order valence-electron chi connectivity index (χ0n) is 18.7. The molecule has 1 saturated heterocycles. The number of piperazine rings is 1. The summed E-state index contributed by atoms with van der Waals surface area (Å²) in [6.07, 6.45) is 2.28. The van der Waals surface area contributed by atoms with Gasteiger partial charge in [-0.05, 0) is 42.8 Å². The van der Waals surface area contributed by atoms with Crippen molar-refractivity contribution in [2.75, 3.05) is 65.0 Å². The first-order chi connectivity index (χ1) is 15.6. The minimum atomic E-state index is -0.643. The van der Waals surface area contributed by atoms with Gasteiger partial charge in [-0.25, -0.2) is 0 Å². The van der Waals surface area contributed by atoms with Crippen LogP contribution in [0.1, 0.15) is 18.2 Å². The molecule has 2 aromatic rings. The number of anilines is 1. The summed E-state index contributed by atoms with van der Waals surface area (Å²) < 4.78 is 15.8. The molecule has 1 aliphatic heterocycles. The van der Waals surface area contributed by atoms with Crippen LogP contribution in [-0.2, 0) is 14.3 Å². The zero-order chi connectivity index (χ0) is 22.8. The van der Waals surface area contributed by atoms with Gasteiger partial charge in [0.25, 0.3) is 0 Å². The van der Waals surface area contributed by atoms with E-state index in [0.29, 0.717) is 26.1 Å². The van der Waals surface area contributed by atoms with Crippen LogP contribution in [0.15, 0.2) is 47.1 Å². The maximum absolute atomic E-state index is 12.2. The molecule has 0 unspecified atom stereocenters. The van der Waals surface area contributed by atoms with Gasteiger partial charge in [0.15, 0.2) is 0 Å². The van der Waals surface area contributed by atoms with Crippen LogP contribution in [0, 0.1) is 0 Å². The molecule has 0 bridgehead atoms. The second-order valence-corrected chi connectivity index (χ2v) is 7.56. The van der Waals surface area contributed by atoms with Crippen molar-refractivity contribution < 1.29 is 23.5 Å². The number of benzene rings is 1. The molecular formula is C23H32N4O5. The Bertz CT molecular complexity index is 833. The molecule has 3 rings (SSSR count). The van der Waals surface area contributed by atoms with Gasteiger partial charge in [-0.1, -0.05) is 0 Å². The fourth-order valence-electron chi connectivity index (χ4n) is 3.74. The topological polar surface area (TPSA) is 96.3 Å². The molecule has 9 nitrogen and oxygen atoms in total. The zero-order valence-corrected chi connectivity index (χ0v) is 18.7. The van der Waals surface area contributed by atoms with Crippen LogP contribution in [0.2, 0.25) is 0 Å². The molecule has 1 aliphatic rings. The number of ether oxygens (including phenoxy) is 2. The highest BCUT2D eigenvalue weighted by molar-refractivity contribution is 6.35. The predicted molar refractivity (Wildman–Crippen MR) is 121 cm³/mol. The van der Waals surface area contributed by atoms with Crippen molar-refractivity contribution in [1.29, 1.82) is 0 Å². The van der Waals surface area contributed by atoms with Crippen LogP contribution in [0.4, 0.5) is 5.69 Å². The number of hydrogen-bond acceptors (Lipinski definition) is 7. The van der Waals surface area contributed by atoms with E-state index in [4.69, 9.17) is 13.9 Å². The van der Waals surface area contributed by atoms with Crippen molar-refractivity contribution in [2.24, 2.45) is 0 Å². The number of rotatable bonds is 10. The summed E-state index contributed by atoms with van der Waals surface area (Å²) in [5.74, 6) is 0.326. The van der Waals surface area contributed by atoms with Crippen LogP contribution in [0.5, 0.6) is 5.75 Å². The summed E-state index contributed by atoms with van der Waals surface area (Å²) in [6.45, 7) is 4.52. The number of carbonyl (C=O) groups excluding carboxylic acids is 2. The number of nitrogens with one attached hydrogen (secondary N) is 2. The second kappa shape index (κ2) is 12.1. The molecule has 9 heteroatoms. The van der Waals surface area contributed by atoms with Gasteiger partial charge in [0.2, 0.25) is 0 Å². The average molecular weight is 445 g/mol. The lowest BCUT2D eigenvalue weighted by Crippen LogP contribution is -2.50. The second-order valence-electron chi connectivity index (χ2n) is 7.56. The smallest absolute Gasteiger partial charge is 0.309 e. The van der Waals surface area contributed by atoms with Crippen molar-refractivity contribution in [2.45, 2.75) is 12.5 Å². The van der Waals surface area contributed by atoms with Crippen LogP contribution >= 0.6 is 0 Å². The Morgan fingerprint density at radius 3 is 2.38 bits per heavy atom.